The third kappa shape index (κ3) is 3.45. The maximum Gasteiger partial charge on any atom is 0.235 e. The molecule has 5 heterocycles. The lowest BCUT2D eigenvalue weighted by atomic mass is 10.0. The summed E-state index contributed by atoms with van der Waals surface area (Å²) in [6, 6.07) is 48.8. The van der Waals surface area contributed by atoms with Gasteiger partial charge in [-0.2, -0.15) is 0 Å². The van der Waals surface area contributed by atoms with Gasteiger partial charge in [-0.1, -0.05) is 91.0 Å². The predicted octanol–water partition coefficient (Wildman–Crippen LogP) is 12.6. The van der Waals surface area contributed by atoms with Crippen molar-refractivity contribution in [1.29, 1.82) is 0 Å². The van der Waals surface area contributed by atoms with Gasteiger partial charge in [-0.25, -0.2) is 9.97 Å². The zero-order valence-corrected chi connectivity index (χ0v) is 27.2. The summed E-state index contributed by atoms with van der Waals surface area (Å²) in [5.74, 6) is 0.629. The van der Waals surface area contributed by atoms with E-state index in [0.29, 0.717) is 5.95 Å². The van der Waals surface area contributed by atoms with Crippen LogP contribution in [0.1, 0.15) is 0 Å². The van der Waals surface area contributed by atoms with Gasteiger partial charge in [0.25, 0.3) is 0 Å². The summed E-state index contributed by atoms with van der Waals surface area (Å²) in [5.41, 5.74) is 8.37. The van der Waals surface area contributed by atoms with Crippen LogP contribution in [0.2, 0.25) is 0 Å². The van der Waals surface area contributed by atoms with Gasteiger partial charge in [0, 0.05) is 48.0 Å². The number of para-hydroxylation sites is 4. The summed E-state index contributed by atoms with van der Waals surface area (Å²) < 4.78 is 17.3. The van der Waals surface area contributed by atoms with Crippen LogP contribution >= 0.6 is 11.3 Å². The first-order chi connectivity index (χ1) is 24.8. The normalized spacial score (nSPS) is 12.4. The molecule has 12 rings (SSSR count). The number of hydrogen-bond acceptors (Lipinski definition) is 5. The largest absolute Gasteiger partial charge is 0.456 e. The Morgan fingerprint density at radius 2 is 1.24 bits per heavy atom. The summed E-state index contributed by atoms with van der Waals surface area (Å²) in [6.07, 6.45) is 0. The highest BCUT2D eigenvalue weighted by Crippen LogP contribution is 2.44. The minimum atomic E-state index is 0.629. The van der Waals surface area contributed by atoms with Crippen LogP contribution in [0.3, 0.4) is 0 Å². The van der Waals surface area contributed by atoms with Gasteiger partial charge in [0.05, 0.1) is 26.9 Å². The van der Waals surface area contributed by atoms with E-state index in [2.05, 4.69) is 120 Å². The first-order valence-electron chi connectivity index (χ1n) is 16.7. The van der Waals surface area contributed by atoms with Crippen molar-refractivity contribution < 1.29 is 8.83 Å². The minimum absolute atomic E-state index is 0.629. The molecule has 0 aliphatic carbocycles. The molecule has 0 spiro atoms. The van der Waals surface area contributed by atoms with E-state index < -0.39 is 0 Å². The highest BCUT2D eigenvalue weighted by atomic mass is 32.1. The van der Waals surface area contributed by atoms with Crippen LogP contribution in [-0.2, 0) is 0 Å². The Morgan fingerprint density at radius 3 is 2.14 bits per heavy atom. The average Bonchev–Trinajstić information content (AvgIpc) is 3.92. The molecule has 0 unspecified atom stereocenters. The van der Waals surface area contributed by atoms with Crippen LogP contribution in [-0.4, -0.2) is 14.5 Å². The molecule has 0 aliphatic rings. The van der Waals surface area contributed by atoms with Crippen molar-refractivity contribution in [1.82, 2.24) is 14.5 Å². The van der Waals surface area contributed by atoms with Gasteiger partial charge in [-0.15, -0.1) is 11.3 Å². The standard InChI is InChI=1S/C44H23N3O2S/c1-5-16-33-25(10-1)32-23-31-24(20-21-37-39(31)28-12-3-7-18-36(28)48-37)22-34(32)47(33)44-45-40-29-13-4-8-19-38(29)50-43(40)41(46-44)30-15-9-14-27-26-11-2-6-17-35(26)49-42(27)30/h1-23H. The molecule has 7 aromatic carbocycles. The molecule has 5 nitrogen and oxygen atoms in total. The smallest absolute Gasteiger partial charge is 0.235 e. The number of hydrogen-bond donors (Lipinski definition) is 0. The van der Waals surface area contributed by atoms with Crippen LogP contribution in [0.15, 0.2) is 148 Å². The summed E-state index contributed by atoms with van der Waals surface area (Å²) >= 11 is 1.73. The molecule has 0 radical (unpaired) electrons. The molecule has 6 heteroatoms. The van der Waals surface area contributed by atoms with Crippen molar-refractivity contribution in [2.75, 3.05) is 0 Å². The van der Waals surface area contributed by atoms with Crippen molar-refractivity contribution in [2.45, 2.75) is 0 Å². The van der Waals surface area contributed by atoms with Crippen molar-refractivity contribution in [3.63, 3.8) is 0 Å². The van der Waals surface area contributed by atoms with E-state index in [-0.39, 0.29) is 0 Å². The third-order valence-electron chi connectivity index (χ3n) is 10.2. The van der Waals surface area contributed by atoms with Gasteiger partial charge in [0.1, 0.15) is 22.3 Å². The Morgan fingerprint density at radius 1 is 0.500 bits per heavy atom. The summed E-state index contributed by atoms with van der Waals surface area (Å²) in [5, 5.41) is 10.2. The zero-order chi connectivity index (χ0) is 32.5. The molecule has 0 saturated heterocycles. The Bertz CT molecular complexity index is 3400. The summed E-state index contributed by atoms with van der Waals surface area (Å²) in [6.45, 7) is 0. The predicted molar refractivity (Wildman–Crippen MR) is 207 cm³/mol. The van der Waals surface area contributed by atoms with Crippen LogP contribution in [0, 0.1) is 0 Å². The number of benzene rings is 7. The average molecular weight is 658 g/mol. The first kappa shape index (κ1) is 26.5. The maximum absolute atomic E-state index is 6.57. The number of nitrogens with zero attached hydrogens (tertiary/aromatic N) is 3. The molecule has 0 N–H and O–H groups in total. The second-order valence-electron chi connectivity index (χ2n) is 12.9. The SMILES string of the molecule is c1ccc2c(c1)oc1c(-c3nc(-n4c5ccccc5c5cc6c(ccc7oc8ccccc8c76)cc54)nc4c3sc3ccccc34)cccc12. The number of thiophene rings is 1. The molecule has 232 valence electrons. The van der Waals surface area contributed by atoms with Gasteiger partial charge >= 0.3 is 0 Å². The highest BCUT2D eigenvalue weighted by Gasteiger charge is 2.23. The molecular formula is C44H23N3O2S. The maximum atomic E-state index is 6.57. The lowest BCUT2D eigenvalue weighted by molar-refractivity contribution is 0.669. The van der Waals surface area contributed by atoms with Crippen LogP contribution in [0.25, 0.3) is 114 Å². The second-order valence-corrected chi connectivity index (χ2v) is 14.0. The summed E-state index contributed by atoms with van der Waals surface area (Å²) in [7, 11) is 0. The van der Waals surface area contributed by atoms with E-state index in [1.807, 2.05) is 24.3 Å². The van der Waals surface area contributed by atoms with Gasteiger partial charge < -0.3 is 8.83 Å². The molecule has 12 aromatic rings. The lowest BCUT2D eigenvalue weighted by Gasteiger charge is -2.11. The zero-order valence-electron chi connectivity index (χ0n) is 26.3. The van der Waals surface area contributed by atoms with Crippen molar-refractivity contribution in [3.05, 3.63) is 140 Å². The fourth-order valence-electron chi connectivity index (χ4n) is 8.02. The van der Waals surface area contributed by atoms with E-state index in [4.69, 9.17) is 18.8 Å². The Balaban J connectivity index is 1.22. The Hall–Kier alpha value is -6.50. The highest BCUT2D eigenvalue weighted by molar-refractivity contribution is 7.26. The van der Waals surface area contributed by atoms with E-state index in [1.165, 1.54) is 10.1 Å². The first-order valence-corrected chi connectivity index (χ1v) is 17.5. The third-order valence-corrected chi connectivity index (χ3v) is 11.4. The fraction of sp³-hybridized carbons (Fsp3) is 0. The van der Waals surface area contributed by atoms with E-state index in [1.54, 1.807) is 11.3 Å². The van der Waals surface area contributed by atoms with Crippen LogP contribution in [0.4, 0.5) is 0 Å². The van der Waals surface area contributed by atoms with Crippen molar-refractivity contribution in [3.8, 4) is 17.2 Å². The van der Waals surface area contributed by atoms with E-state index in [9.17, 15) is 0 Å². The second kappa shape index (κ2) is 9.56. The van der Waals surface area contributed by atoms with Gasteiger partial charge in [-0.3, -0.25) is 4.57 Å². The monoisotopic (exact) mass is 657 g/mol. The molecule has 0 bridgehead atoms. The minimum Gasteiger partial charge on any atom is -0.456 e. The number of aromatic nitrogens is 3. The van der Waals surface area contributed by atoms with E-state index >= 15 is 0 Å². The van der Waals surface area contributed by atoms with Crippen molar-refractivity contribution >= 4 is 108 Å². The lowest BCUT2D eigenvalue weighted by Crippen LogP contribution is -2.02. The Labute approximate surface area is 287 Å². The molecule has 0 fully saturated rings. The molecule has 0 atom stereocenters. The van der Waals surface area contributed by atoms with Gasteiger partial charge in [0.15, 0.2) is 0 Å². The number of rotatable bonds is 2. The molecular weight excluding hydrogens is 635 g/mol. The van der Waals surface area contributed by atoms with Gasteiger partial charge in [-0.05, 0) is 59.3 Å². The molecule has 0 aliphatic heterocycles. The Kier molecular flexibility index (Phi) is 5.06. The van der Waals surface area contributed by atoms with Crippen LogP contribution < -0.4 is 0 Å². The fourth-order valence-corrected chi connectivity index (χ4v) is 9.17. The molecule has 5 aromatic heterocycles. The number of fused-ring (bicyclic) bond motifs is 14. The quantitative estimate of drug-likeness (QED) is 0.186. The topological polar surface area (TPSA) is 57.0 Å². The van der Waals surface area contributed by atoms with Crippen molar-refractivity contribution in [2.24, 2.45) is 0 Å². The molecule has 0 saturated carbocycles. The molecule has 0 amide bonds. The van der Waals surface area contributed by atoms with Gasteiger partial charge in [0.2, 0.25) is 5.95 Å². The van der Waals surface area contributed by atoms with E-state index in [0.717, 1.165) is 97.9 Å². The molecule has 50 heavy (non-hydrogen) atoms. The van der Waals surface area contributed by atoms with Crippen LogP contribution in [0.5, 0.6) is 0 Å². The number of furan rings is 2. The summed E-state index contributed by atoms with van der Waals surface area (Å²) in [4.78, 5) is 10.9.